The Bertz CT molecular complexity index is 1590. The zero-order chi connectivity index (χ0) is 30.2. The van der Waals surface area contributed by atoms with Crippen LogP contribution in [0.1, 0.15) is 46.7 Å². The number of nitrogens with one attached hydrogen (secondary N) is 3. The molecule has 13 heteroatoms. The average Bonchev–Trinajstić information content (AvgIpc) is 3.29. The Kier molecular flexibility index (Phi) is 8.08. The summed E-state index contributed by atoms with van der Waals surface area (Å²) >= 11 is 6.17. The predicted octanol–water partition coefficient (Wildman–Crippen LogP) is 7.28. The molecule has 0 saturated heterocycles. The first-order valence-electron chi connectivity index (χ1n) is 12.1. The maximum absolute atomic E-state index is 13.1. The van der Waals surface area contributed by atoms with Gasteiger partial charge in [-0.3, -0.25) is 9.59 Å². The molecule has 0 spiro atoms. The monoisotopic (exact) mass is 596 g/mol. The van der Waals surface area contributed by atoms with Crippen molar-refractivity contribution < 1.29 is 35.9 Å². The highest BCUT2D eigenvalue weighted by molar-refractivity contribution is 6.34. The van der Waals surface area contributed by atoms with Gasteiger partial charge in [0.15, 0.2) is 0 Å². The van der Waals surface area contributed by atoms with Crippen molar-refractivity contribution in [3.63, 3.8) is 0 Å². The van der Waals surface area contributed by atoms with Crippen molar-refractivity contribution in [1.82, 2.24) is 15.3 Å². The molecule has 2 amide bonds. The van der Waals surface area contributed by atoms with Gasteiger partial charge in [0.25, 0.3) is 5.91 Å². The van der Waals surface area contributed by atoms with Gasteiger partial charge in [-0.1, -0.05) is 29.8 Å². The summed E-state index contributed by atoms with van der Waals surface area (Å²) in [7, 11) is 0. The number of hydrogen-bond donors (Lipinski definition) is 3. The zero-order valence-electron chi connectivity index (χ0n) is 21.6. The molecule has 0 radical (unpaired) electrons. The van der Waals surface area contributed by atoms with Crippen molar-refractivity contribution in [3.05, 3.63) is 93.8 Å². The summed E-state index contributed by atoms with van der Waals surface area (Å²) in [5, 5.41) is 5.01. The zero-order valence-corrected chi connectivity index (χ0v) is 22.4. The van der Waals surface area contributed by atoms with Gasteiger partial charge in [0.2, 0.25) is 5.91 Å². The second kappa shape index (κ2) is 11.1. The van der Waals surface area contributed by atoms with Crippen molar-refractivity contribution in [3.8, 4) is 0 Å². The Balaban J connectivity index is 1.40. The van der Waals surface area contributed by atoms with Crippen molar-refractivity contribution in [2.75, 3.05) is 5.32 Å². The van der Waals surface area contributed by atoms with E-state index in [1.165, 1.54) is 24.3 Å². The molecular formula is C28H23ClF6N4O2. The minimum Gasteiger partial charge on any atom is -0.351 e. The Hall–Kier alpha value is -4.06. The number of anilines is 1. The molecule has 0 aliphatic rings. The minimum atomic E-state index is -4.73. The summed E-state index contributed by atoms with van der Waals surface area (Å²) in [5.41, 5.74) is -1.09. The third-order valence-corrected chi connectivity index (χ3v) is 6.78. The molecule has 4 aromatic rings. The molecule has 41 heavy (non-hydrogen) atoms. The second-order valence-electron chi connectivity index (χ2n) is 9.86. The van der Waals surface area contributed by atoms with Gasteiger partial charge in [0.05, 0.1) is 27.2 Å². The summed E-state index contributed by atoms with van der Waals surface area (Å²) in [4.78, 5) is 32.1. The number of nitrogens with zero attached hydrogens (tertiary/aromatic N) is 1. The number of H-pyrrole nitrogens is 1. The summed E-state index contributed by atoms with van der Waals surface area (Å²) in [5.74, 6) is -1.32. The van der Waals surface area contributed by atoms with E-state index in [-0.39, 0.29) is 22.6 Å². The molecule has 0 atom stereocenters. The standard InChI is InChI=1S/C28H23ClF6N4O2/c1-26(2,28(33,34)35)25(41)36-14-16-5-9-20(29)19(11-16)24(40)37-18-7-3-15(4-8-18)12-23-38-21-10-6-17(27(30,31)32)13-22(21)39-23/h3-11,13H,12,14H2,1-2H3,(H,36,41)(H,37,40)(H,38,39). The van der Waals surface area contributed by atoms with Crippen LogP contribution in [0.3, 0.4) is 0 Å². The molecule has 216 valence electrons. The Labute approximate surface area is 235 Å². The highest BCUT2D eigenvalue weighted by atomic mass is 35.5. The van der Waals surface area contributed by atoms with Gasteiger partial charge in [-0.15, -0.1) is 0 Å². The second-order valence-corrected chi connectivity index (χ2v) is 10.3. The molecule has 6 nitrogen and oxygen atoms in total. The number of halogens is 7. The van der Waals surface area contributed by atoms with E-state index in [1.807, 2.05) is 0 Å². The molecule has 0 unspecified atom stereocenters. The topological polar surface area (TPSA) is 86.9 Å². The first-order chi connectivity index (χ1) is 19.0. The van der Waals surface area contributed by atoms with Gasteiger partial charge in [-0.25, -0.2) is 4.98 Å². The first-order valence-corrected chi connectivity index (χ1v) is 12.5. The molecule has 1 heterocycles. The van der Waals surface area contributed by atoms with Crippen LogP contribution in [0, 0.1) is 5.41 Å². The van der Waals surface area contributed by atoms with Crippen molar-refractivity contribution in [2.45, 2.75) is 39.2 Å². The molecule has 0 aliphatic heterocycles. The summed E-state index contributed by atoms with van der Waals surface area (Å²) in [6, 6.07) is 14.2. The van der Waals surface area contributed by atoms with E-state index in [0.717, 1.165) is 31.5 Å². The predicted molar refractivity (Wildman–Crippen MR) is 141 cm³/mol. The van der Waals surface area contributed by atoms with Gasteiger partial charge in [-0.2, -0.15) is 26.3 Å². The van der Waals surface area contributed by atoms with Crippen LogP contribution < -0.4 is 10.6 Å². The van der Waals surface area contributed by atoms with E-state index >= 15 is 0 Å². The van der Waals surface area contributed by atoms with Crippen LogP contribution in [0.15, 0.2) is 60.7 Å². The SMILES string of the molecule is CC(C)(C(=O)NCc1ccc(Cl)c(C(=O)Nc2ccc(Cc3nc4ccc(C(F)(F)F)cc4[nH]3)cc2)c1)C(F)(F)F. The number of fused-ring (bicyclic) bond motifs is 1. The van der Waals surface area contributed by atoms with Gasteiger partial charge < -0.3 is 15.6 Å². The lowest BCUT2D eigenvalue weighted by atomic mass is 9.91. The molecule has 3 aromatic carbocycles. The Morgan fingerprint density at radius 3 is 2.20 bits per heavy atom. The minimum absolute atomic E-state index is 0.0538. The summed E-state index contributed by atoms with van der Waals surface area (Å²) < 4.78 is 78.2. The molecule has 0 fully saturated rings. The van der Waals surface area contributed by atoms with Crippen molar-refractivity contribution in [1.29, 1.82) is 0 Å². The number of alkyl halides is 6. The molecule has 0 saturated carbocycles. The fourth-order valence-corrected chi connectivity index (χ4v) is 4.01. The van der Waals surface area contributed by atoms with Crippen molar-refractivity contribution in [2.24, 2.45) is 5.41 Å². The molecular weight excluding hydrogens is 574 g/mol. The quantitative estimate of drug-likeness (QED) is 0.196. The largest absolute Gasteiger partial charge is 0.416 e. The fourth-order valence-electron chi connectivity index (χ4n) is 3.81. The number of imidazole rings is 1. The van der Waals surface area contributed by atoms with E-state index in [4.69, 9.17) is 11.6 Å². The molecule has 3 N–H and O–H groups in total. The van der Waals surface area contributed by atoms with E-state index in [2.05, 4.69) is 20.6 Å². The van der Waals surface area contributed by atoms with Gasteiger partial charge in [0, 0.05) is 18.7 Å². The molecule has 4 rings (SSSR count). The number of benzene rings is 3. The number of amides is 2. The lowest BCUT2D eigenvalue weighted by Gasteiger charge is -2.26. The maximum atomic E-state index is 13.1. The normalized spacial score (nSPS) is 12.4. The summed E-state index contributed by atoms with van der Waals surface area (Å²) in [6.07, 6.45) is -8.89. The highest BCUT2D eigenvalue weighted by Crippen LogP contribution is 2.37. The Morgan fingerprint density at radius 1 is 0.902 bits per heavy atom. The third-order valence-electron chi connectivity index (χ3n) is 6.45. The van der Waals surface area contributed by atoms with Crippen LogP contribution >= 0.6 is 11.6 Å². The number of aromatic amines is 1. The van der Waals surface area contributed by atoms with Crippen LogP contribution in [-0.2, 0) is 23.9 Å². The van der Waals surface area contributed by atoms with Gasteiger partial charge in [-0.05, 0) is 67.4 Å². The van der Waals surface area contributed by atoms with Gasteiger partial charge in [0.1, 0.15) is 11.2 Å². The van der Waals surface area contributed by atoms with E-state index < -0.39 is 35.1 Å². The number of aromatic nitrogens is 2. The number of hydrogen-bond acceptors (Lipinski definition) is 3. The molecule has 0 bridgehead atoms. The smallest absolute Gasteiger partial charge is 0.351 e. The van der Waals surface area contributed by atoms with Crippen LogP contribution in [0.25, 0.3) is 11.0 Å². The fraction of sp³-hybridized carbons (Fsp3) is 0.250. The lowest BCUT2D eigenvalue weighted by molar-refractivity contribution is -0.211. The molecule has 0 aliphatic carbocycles. The lowest BCUT2D eigenvalue weighted by Crippen LogP contribution is -2.46. The van der Waals surface area contributed by atoms with E-state index in [9.17, 15) is 35.9 Å². The van der Waals surface area contributed by atoms with E-state index in [1.54, 1.807) is 24.3 Å². The number of carbonyl (C=O) groups excluding carboxylic acids is 2. The average molecular weight is 597 g/mol. The van der Waals surface area contributed by atoms with Crippen LogP contribution in [0.4, 0.5) is 32.0 Å². The summed E-state index contributed by atoms with van der Waals surface area (Å²) in [6.45, 7) is 1.31. The highest BCUT2D eigenvalue weighted by Gasteiger charge is 2.52. The third kappa shape index (κ3) is 6.82. The van der Waals surface area contributed by atoms with Crippen LogP contribution in [-0.4, -0.2) is 28.0 Å². The maximum Gasteiger partial charge on any atom is 0.416 e. The first kappa shape index (κ1) is 29.9. The number of carbonyl (C=O) groups is 2. The Morgan fingerprint density at radius 2 is 1.56 bits per heavy atom. The van der Waals surface area contributed by atoms with Crippen LogP contribution in [0.2, 0.25) is 5.02 Å². The van der Waals surface area contributed by atoms with Crippen molar-refractivity contribution >= 4 is 40.1 Å². The van der Waals surface area contributed by atoms with Gasteiger partial charge >= 0.3 is 12.4 Å². The van der Waals surface area contributed by atoms with E-state index in [0.29, 0.717) is 29.0 Å². The molecule has 1 aromatic heterocycles. The number of rotatable bonds is 7. The van der Waals surface area contributed by atoms with Crippen LogP contribution in [0.5, 0.6) is 0 Å².